The third-order valence-electron chi connectivity index (χ3n) is 6.34. The summed E-state index contributed by atoms with van der Waals surface area (Å²) in [7, 11) is 1.67. The molecular formula is C29H31ClGeO. The van der Waals surface area contributed by atoms with E-state index in [2.05, 4.69) is 73.9 Å². The fourth-order valence-electron chi connectivity index (χ4n) is 3.90. The molecule has 0 radical (unpaired) electrons. The molecule has 0 aliphatic heterocycles. The Labute approximate surface area is 200 Å². The van der Waals surface area contributed by atoms with Crippen molar-refractivity contribution in [2.45, 2.75) is 36.5 Å². The molecule has 3 heteroatoms. The molecule has 3 aromatic rings. The summed E-state index contributed by atoms with van der Waals surface area (Å²) in [5.41, 5.74) is 5.71. The van der Waals surface area contributed by atoms with Gasteiger partial charge in [0.15, 0.2) is 0 Å². The number of rotatable bonds is 7. The van der Waals surface area contributed by atoms with Crippen LogP contribution in [0.4, 0.5) is 0 Å². The first-order valence-electron chi connectivity index (χ1n) is 11.3. The van der Waals surface area contributed by atoms with Crippen LogP contribution in [0.15, 0.2) is 77.7 Å². The number of hydrogen-bond donors (Lipinski definition) is 0. The predicted molar refractivity (Wildman–Crippen MR) is 141 cm³/mol. The van der Waals surface area contributed by atoms with Crippen molar-refractivity contribution in [3.8, 4) is 17.6 Å². The van der Waals surface area contributed by atoms with Gasteiger partial charge in [-0.25, -0.2) is 0 Å². The molecule has 1 nitrogen and oxygen atoms in total. The summed E-state index contributed by atoms with van der Waals surface area (Å²) in [6.07, 6.45) is 0. The monoisotopic (exact) mass is 504 g/mol. The SMILES string of the molecule is C[CH2][Ge](/[CH]=C(\c1ccc(C#Cc2ccc(OC)cc2)cc1)c1cccc(Cl)c1)([CH2]C)[CH2]C. The molecule has 0 aliphatic carbocycles. The molecule has 164 valence electrons. The van der Waals surface area contributed by atoms with Crippen LogP contribution in [0.3, 0.4) is 0 Å². The van der Waals surface area contributed by atoms with Crippen molar-refractivity contribution >= 4 is 30.4 Å². The normalized spacial score (nSPS) is 11.6. The standard InChI is InChI=1S/C29H31ClGeO/c1-5-31(6-2,7-3)22-29(26-9-8-10-27(30)21-26)25-17-13-23(14-18-25)11-12-24-15-19-28(32-4)20-16-24/h8-10,13-22H,5-7H2,1-4H3/b29-22+. The van der Waals surface area contributed by atoms with Gasteiger partial charge in [-0.1, -0.05) is 0 Å². The van der Waals surface area contributed by atoms with Gasteiger partial charge in [-0.05, 0) is 0 Å². The van der Waals surface area contributed by atoms with Crippen molar-refractivity contribution < 1.29 is 4.74 Å². The first kappa shape index (κ1) is 24.2. The summed E-state index contributed by atoms with van der Waals surface area (Å²) in [6.45, 7) is 7.07. The fraction of sp³-hybridized carbons (Fsp3) is 0.241. The van der Waals surface area contributed by atoms with Crippen LogP contribution in [0.1, 0.15) is 43.0 Å². The van der Waals surface area contributed by atoms with Crippen molar-refractivity contribution in [2.24, 2.45) is 0 Å². The van der Waals surface area contributed by atoms with Crippen LogP contribution in [0.2, 0.25) is 20.8 Å². The predicted octanol–water partition coefficient (Wildman–Crippen LogP) is 8.23. The topological polar surface area (TPSA) is 9.23 Å². The average Bonchev–Trinajstić information content (AvgIpc) is 2.85. The maximum absolute atomic E-state index is 6.35. The molecule has 0 unspecified atom stereocenters. The van der Waals surface area contributed by atoms with E-state index in [4.69, 9.17) is 16.3 Å². The van der Waals surface area contributed by atoms with E-state index in [1.54, 1.807) is 7.11 Å². The Morgan fingerprint density at radius 3 is 1.88 bits per heavy atom. The van der Waals surface area contributed by atoms with Gasteiger partial charge in [-0.3, -0.25) is 0 Å². The van der Waals surface area contributed by atoms with E-state index in [9.17, 15) is 0 Å². The molecule has 0 amide bonds. The molecule has 0 atom stereocenters. The molecule has 0 spiro atoms. The van der Waals surface area contributed by atoms with E-state index < -0.39 is 13.3 Å². The molecule has 0 saturated heterocycles. The van der Waals surface area contributed by atoms with E-state index in [1.807, 2.05) is 36.4 Å². The quantitative estimate of drug-likeness (QED) is 0.233. The second-order valence-electron chi connectivity index (χ2n) is 8.05. The van der Waals surface area contributed by atoms with Gasteiger partial charge in [-0.15, -0.1) is 0 Å². The second kappa shape index (κ2) is 11.5. The zero-order valence-electron chi connectivity index (χ0n) is 19.4. The van der Waals surface area contributed by atoms with Crippen LogP contribution in [0, 0.1) is 11.8 Å². The van der Waals surface area contributed by atoms with Crippen LogP contribution >= 0.6 is 11.6 Å². The van der Waals surface area contributed by atoms with E-state index in [-0.39, 0.29) is 0 Å². The molecule has 0 saturated carbocycles. The third kappa shape index (κ3) is 6.09. The zero-order chi connectivity index (χ0) is 23.0. The van der Waals surface area contributed by atoms with Crippen molar-refractivity contribution in [1.29, 1.82) is 0 Å². The maximum atomic E-state index is 6.35. The molecular weight excluding hydrogens is 472 g/mol. The molecule has 0 heterocycles. The molecule has 3 aromatic carbocycles. The van der Waals surface area contributed by atoms with Crippen LogP contribution < -0.4 is 4.74 Å². The van der Waals surface area contributed by atoms with Gasteiger partial charge in [0, 0.05) is 0 Å². The molecule has 0 bridgehead atoms. The first-order valence-corrected chi connectivity index (χ1v) is 17.3. The van der Waals surface area contributed by atoms with E-state index in [0.29, 0.717) is 0 Å². The fourth-order valence-corrected chi connectivity index (χ4v) is 10.5. The Bertz CT molecular complexity index is 1110. The third-order valence-corrected chi connectivity index (χ3v) is 17.3. The molecule has 0 N–H and O–H groups in total. The summed E-state index contributed by atoms with van der Waals surface area (Å²) in [5, 5.41) is 4.66. The van der Waals surface area contributed by atoms with Crippen molar-refractivity contribution in [3.63, 3.8) is 0 Å². The van der Waals surface area contributed by atoms with Crippen molar-refractivity contribution in [3.05, 3.63) is 105 Å². The summed E-state index contributed by atoms with van der Waals surface area (Å²) in [6, 6.07) is 24.7. The van der Waals surface area contributed by atoms with Gasteiger partial charge in [0.1, 0.15) is 0 Å². The van der Waals surface area contributed by atoms with Gasteiger partial charge in [0.2, 0.25) is 0 Å². The van der Waals surface area contributed by atoms with E-state index >= 15 is 0 Å². The van der Waals surface area contributed by atoms with Gasteiger partial charge in [0.05, 0.1) is 7.11 Å². The Morgan fingerprint density at radius 1 is 0.812 bits per heavy atom. The van der Waals surface area contributed by atoms with E-state index in [1.165, 1.54) is 32.5 Å². The zero-order valence-corrected chi connectivity index (χ0v) is 22.3. The average molecular weight is 504 g/mol. The van der Waals surface area contributed by atoms with Crippen LogP contribution in [0.5, 0.6) is 5.75 Å². The van der Waals surface area contributed by atoms with Crippen molar-refractivity contribution in [2.75, 3.05) is 7.11 Å². The Hall–Kier alpha value is -2.41. The summed E-state index contributed by atoms with van der Waals surface area (Å²) >= 11 is 4.29. The number of halogens is 1. The Kier molecular flexibility index (Phi) is 8.68. The number of ether oxygens (including phenoxy) is 1. The van der Waals surface area contributed by atoms with Crippen LogP contribution in [-0.2, 0) is 0 Å². The van der Waals surface area contributed by atoms with Gasteiger partial charge in [-0.2, -0.15) is 0 Å². The van der Waals surface area contributed by atoms with Gasteiger partial charge < -0.3 is 4.74 Å². The molecule has 3 rings (SSSR count). The van der Waals surface area contributed by atoms with Gasteiger partial charge in [0.25, 0.3) is 0 Å². The second-order valence-corrected chi connectivity index (χ2v) is 19.3. The molecule has 0 fully saturated rings. The first-order chi connectivity index (χ1) is 15.5. The van der Waals surface area contributed by atoms with Gasteiger partial charge >= 0.3 is 190 Å². The summed E-state index contributed by atoms with van der Waals surface area (Å²) in [5.74, 6) is 7.35. The Balaban J connectivity index is 1.96. The number of benzene rings is 3. The van der Waals surface area contributed by atoms with Crippen LogP contribution in [0.25, 0.3) is 5.57 Å². The molecule has 32 heavy (non-hydrogen) atoms. The summed E-state index contributed by atoms with van der Waals surface area (Å²) < 4.78 is 5.21. The number of hydrogen-bond acceptors (Lipinski definition) is 1. The summed E-state index contributed by atoms with van der Waals surface area (Å²) in [4.78, 5) is 2.64. The minimum absolute atomic E-state index is 0.776. The minimum atomic E-state index is -2.07. The molecule has 0 aliphatic rings. The molecule has 0 aromatic heterocycles. The Morgan fingerprint density at radius 2 is 1.38 bits per heavy atom. The van der Waals surface area contributed by atoms with E-state index in [0.717, 1.165) is 21.9 Å². The van der Waals surface area contributed by atoms with Crippen molar-refractivity contribution in [1.82, 2.24) is 0 Å². The number of methoxy groups -OCH3 is 1. The van der Waals surface area contributed by atoms with Crippen LogP contribution in [-0.4, -0.2) is 20.4 Å².